The van der Waals surface area contributed by atoms with Crippen LogP contribution in [0, 0.1) is 23.7 Å². The van der Waals surface area contributed by atoms with E-state index in [1.165, 1.54) is 20.8 Å². The predicted molar refractivity (Wildman–Crippen MR) is 263 cm³/mol. The molecule has 0 aromatic carbocycles. The van der Waals surface area contributed by atoms with E-state index in [-0.39, 0.29) is 0 Å². The summed E-state index contributed by atoms with van der Waals surface area (Å²) >= 11 is 0. The Kier molecular flexibility index (Phi) is 17.1. The number of ketones is 3. The standard InChI is InChI=1S/C52H76N4O24/c1-19(57)30-34(68-43-38(30)72-49(7,8)76-43)22(54-28(62)17-24(56-47(67)80-48(4,5)6)36-32(21(3)59)40-45(70-36)78-51(11,12)74-40)15-26(60)53-23(35-31(20(2)58)39-44(69-35)77-50(9,10)73-39)16-27(61)55-25(18-29(63)64)37-33(42(65)66)41-46(71-37)79-52(13,14)75-41/h22-25,30-41,43-46H,15-18H2,1-14H3,(H,53,60)(H,54,62)(H,55,61)(H,56,67)(H,63,64)(H,65,66)/t22?,23?,24?,25?,30-,31-,32-,33-,34+,35+,36+,37+,38+,39+,40+,41+,43+,44+,45+,46+/m0/s1. The number of amides is 4. The molecular formula is C52H76N4O24. The van der Waals surface area contributed by atoms with Gasteiger partial charge in [-0.25, -0.2) is 4.79 Å². The van der Waals surface area contributed by atoms with Crippen LogP contribution >= 0.6 is 0 Å². The topological polar surface area (TPSA) is 362 Å². The van der Waals surface area contributed by atoms with Gasteiger partial charge in [0.05, 0.1) is 72.8 Å². The molecule has 8 saturated heterocycles. The lowest BCUT2D eigenvalue weighted by molar-refractivity contribution is -0.215. The fraction of sp³-hybridized carbons (Fsp3) is 0.827. The van der Waals surface area contributed by atoms with Gasteiger partial charge in [-0.15, -0.1) is 0 Å². The highest BCUT2D eigenvalue weighted by Crippen LogP contribution is 2.47. The highest BCUT2D eigenvalue weighted by atomic mass is 16.9. The lowest BCUT2D eigenvalue weighted by atomic mass is 9.86. The van der Waals surface area contributed by atoms with Gasteiger partial charge < -0.3 is 93.1 Å². The Balaban J connectivity index is 1.09. The van der Waals surface area contributed by atoms with Crippen molar-refractivity contribution in [2.24, 2.45) is 23.7 Å². The van der Waals surface area contributed by atoms with Crippen molar-refractivity contribution in [1.29, 1.82) is 0 Å². The Morgan fingerprint density at radius 1 is 0.425 bits per heavy atom. The van der Waals surface area contributed by atoms with Crippen LogP contribution in [-0.4, -0.2) is 190 Å². The first-order chi connectivity index (χ1) is 36.9. The summed E-state index contributed by atoms with van der Waals surface area (Å²) in [6, 6.07) is -5.76. The smallest absolute Gasteiger partial charge is 0.407 e. The lowest BCUT2D eigenvalue weighted by Crippen LogP contribution is -2.56. The largest absolute Gasteiger partial charge is 0.481 e. The monoisotopic (exact) mass is 1140 g/mol. The molecule has 0 radical (unpaired) electrons. The maximum Gasteiger partial charge on any atom is 0.407 e. The highest BCUT2D eigenvalue weighted by molar-refractivity contribution is 5.86. The van der Waals surface area contributed by atoms with Gasteiger partial charge in [-0.3, -0.25) is 38.4 Å². The van der Waals surface area contributed by atoms with Crippen molar-refractivity contribution in [3.05, 3.63) is 0 Å². The molecule has 4 amide bonds. The Hall–Kier alpha value is -4.85. The third-order valence-corrected chi connectivity index (χ3v) is 15.0. The van der Waals surface area contributed by atoms with Gasteiger partial charge in [-0.05, 0) is 96.9 Å². The van der Waals surface area contributed by atoms with Crippen LogP contribution in [0.4, 0.5) is 4.79 Å². The Labute approximate surface area is 461 Å². The van der Waals surface area contributed by atoms with Crippen LogP contribution in [0.1, 0.15) is 123 Å². The summed E-state index contributed by atoms with van der Waals surface area (Å²) in [4.78, 5) is 123. The van der Waals surface area contributed by atoms with E-state index >= 15 is 0 Å². The summed E-state index contributed by atoms with van der Waals surface area (Å²) in [5.74, 6) is -16.6. The maximum absolute atomic E-state index is 14.9. The van der Waals surface area contributed by atoms with Crippen molar-refractivity contribution >= 4 is 53.1 Å². The number of carboxylic acids is 2. The number of carbonyl (C=O) groups is 9. The van der Waals surface area contributed by atoms with Crippen molar-refractivity contribution in [2.75, 3.05) is 0 Å². The Morgan fingerprint density at radius 2 is 0.688 bits per heavy atom. The summed E-state index contributed by atoms with van der Waals surface area (Å²) in [6.45, 7) is 21.5. The van der Waals surface area contributed by atoms with Crippen molar-refractivity contribution in [3.63, 3.8) is 0 Å². The maximum atomic E-state index is 14.9. The SMILES string of the molecule is CC(=O)[C@@H]1[C@H]2OC(C)(C)O[C@H]2O[C@@H]1C(CC(=O)NC(CC(=O)NC(CC(=O)O)[C@H]1O[C@@H]2OC(C)(C)O[C@@H]2[C@H]1C(=O)O)[C@H]1O[C@@H]2OC(C)(C)O[C@@H]2[C@H]1C(C)=O)NC(=O)CC(NC(=O)OC(C)(C)C)[C@H]1O[C@@H]2OC(C)(C)O[C@@H]2[C@H]1C(C)=O. The van der Waals surface area contributed by atoms with Crippen LogP contribution in [-0.2, 0) is 99.9 Å². The second kappa shape index (κ2) is 22.4. The third kappa shape index (κ3) is 13.5. The molecule has 6 N–H and O–H groups in total. The predicted octanol–water partition coefficient (Wildman–Crippen LogP) is 0.801. The van der Waals surface area contributed by atoms with E-state index in [9.17, 15) is 53.4 Å². The molecule has 0 saturated carbocycles. The zero-order valence-electron chi connectivity index (χ0n) is 47.3. The highest BCUT2D eigenvalue weighted by Gasteiger charge is 2.63. The molecule has 0 aliphatic carbocycles. The number of rotatable bonds is 20. The molecule has 8 fully saturated rings. The zero-order valence-corrected chi connectivity index (χ0v) is 47.3. The summed E-state index contributed by atoms with van der Waals surface area (Å²) in [5.41, 5.74) is -1.01. The van der Waals surface area contributed by atoms with Gasteiger partial charge in [-0.1, -0.05) is 0 Å². The molecule has 8 heterocycles. The van der Waals surface area contributed by atoms with E-state index in [2.05, 4.69) is 21.3 Å². The van der Waals surface area contributed by atoms with Gasteiger partial charge >= 0.3 is 18.0 Å². The van der Waals surface area contributed by atoms with E-state index in [4.69, 9.17) is 61.6 Å². The average molecular weight is 1140 g/mol. The molecule has 0 aromatic rings. The van der Waals surface area contributed by atoms with Gasteiger partial charge in [0.1, 0.15) is 53.3 Å². The Bertz CT molecular complexity index is 2460. The molecule has 0 spiro atoms. The minimum atomic E-state index is -1.52. The summed E-state index contributed by atoms with van der Waals surface area (Å²) in [5, 5.41) is 31.2. The number of ether oxygens (including phenoxy) is 13. The van der Waals surface area contributed by atoms with Gasteiger partial charge in [0.15, 0.2) is 48.3 Å². The van der Waals surface area contributed by atoms with Crippen LogP contribution in [0.2, 0.25) is 0 Å². The summed E-state index contributed by atoms with van der Waals surface area (Å²) < 4.78 is 78.1. The molecule has 448 valence electrons. The molecular weight excluding hydrogens is 1060 g/mol. The number of aliphatic carboxylic acids is 2. The number of nitrogens with one attached hydrogen (secondary N) is 4. The van der Waals surface area contributed by atoms with Crippen LogP contribution in [0.15, 0.2) is 0 Å². The van der Waals surface area contributed by atoms with Crippen molar-refractivity contribution in [2.45, 2.75) is 250 Å². The van der Waals surface area contributed by atoms with E-state index in [1.807, 2.05) is 0 Å². The molecule has 0 bridgehead atoms. The first kappa shape index (κ1) is 61.2. The molecule has 8 rings (SSSR count). The number of carboxylic acid groups (broad SMARTS) is 2. The van der Waals surface area contributed by atoms with Crippen LogP contribution in [0.5, 0.6) is 0 Å². The fourth-order valence-electron chi connectivity index (χ4n) is 12.2. The van der Waals surface area contributed by atoms with E-state index < -0.39 is 229 Å². The molecule has 8 aliphatic heterocycles. The van der Waals surface area contributed by atoms with Gasteiger partial charge in [0, 0.05) is 19.3 Å². The van der Waals surface area contributed by atoms with E-state index in [0.717, 1.165) is 0 Å². The van der Waals surface area contributed by atoms with E-state index in [1.54, 1.807) is 76.2 Å². The summed E-state index contributed by atoms with van der Waals surface area (Å²) in [7, 11) is 0. The average Bonchev–Trinajstić information content (AvgIpc) is 4.14. The van der Waals surface area contributed by atoms with Crippen LogP contribution in [0.3, 0.4) is 0 Å². The second-order valence-corrected chi connectivity index (χ2v) is 24.5. The number of hydrogen-bond donors (Lipinski definition) is 6. The molecule has 20 atom stereocenters. The molecule has 0 aromatic heterocycles. The molecule has 80 heavy (non-hydrogen) atoms. The third-order valence-electron chi connectivity index (χ3n) is 15.0. The second-order valence-electron chi connectivity index (χ2n) is 24.5. The minimum absolute atomic E-state index is 0.399. The number of alkyl carbamates (subject to hydrolysis) is 1. The first-order valence-electron chi connectivity index (χ1n) is 26.8. The first-order valence-corrected chi connectivity index (χ1v) is 26.8. The number of fused-ring (bicyclic) bond motifs is 4. The quantitative estimate of drug-likeness (QED) is 0.0982. The van der Waals surface area contributed by atoms with Crippen LogP contribution in [0.25, 0.3) is 0 Å². The van der Waals surface area contributed by atoms with Gasteiger partial charge in [0.25, 0.3) is 0 Å². The molecule has 28 nitrogen and oxygen atoms in total. The Morgan fingerprint density at radius 3 is 0.950 bits per heavy atom. The zero-order chi connectivity index (χ0) is 59.1. The van der Waals surface area contributed by atoms with Crippen molar-refractivity contribution in [3.8, 4) is 0 Å². The fourth-order valence-corrected chi connectivity index (χ4v) is 12.2. The minimum Gasteiger partial charge on any atom is -0.481 e. The van der Waals surface area contributed by atoms with Crippen molar-refractivity contribution in [1.82, 2.24) is 21.3 Å². The molecule has 28 heteroatoms. The van der Waals surface area contributed by atoms with Crippen LogP contribution < -0.4 is 21.3 Å². The number of Topliss-reactive ketones (excluding diaryl/α,β-unsaturated/α-hetero) is 3. The van der Waals surface area contributed by atoms with E-state index in [0.29, 0.717) is 0 Å². The number of carbonyl (C=O) groups excluding carboxylic acids is 7. The normalized spacial score (nSPS) is 37.2. The van der Waals surface area contributed by atoms with Gasteiger partial charge in [-0.2, -0.15) is 0 Å². The van der Waals surface area contributed by atoms with Crippen molar-refractivity contribution < 1.29 is 115 Å². The number of hydrogen-bond acceptors (Lipinski definition) is 22. The summed E-state index contributed by atoms with van der Waals surface area (Å²) in [6.07, 6.45) is -18.1. The molecule has 8 aliphatic rings. The lowest BCUT2D eigenvalue weighted by Gasteiger charge is -2.34. The van der Waals surface area contributed by atoms with Gasteiger partial charge in [0.2, 0.25) is 17.7 Å². The molecule has 4 unspecified atom stereocenters.